The summed E-state index contributed by atoms with van der Waals surface area (Å²) in [6.45, 7) is -0.231. The van der Waals surface area contributed by atoms with Crippen molar-refractivity contribution in [3.8, 4) is 11.3 Å². The molecule has 0 radical (unpaired) electrons. The number of hydrogen-bond donors (Lipinski definition) is 1. The highest BCUT2D eigenvalue weighted by Crippen LogP contribution is 2.31. The summed E-state index contributed by atoms with van der Waals surface area (Å²) in [5.41, 5.74) is 1.08. The summed E-state index contributed by atoms with van der Waals surface area (Å²) in [6.07, 6.45) is 1.15. The van der Waals surface area contributed by atoms with Crippen LogP contribution in [0.5, 0.6) is 0 Å². The van der Waals surface area contributed by atoms with E-state index >= 15 is 0 Å². The van der Waals surface area contributed by atoms with Gasteiger partial charge in [0.1, 0.15) is 5.69 Å². The lowest BCUT2D eigenvalue weighted by Gasteiger charge is -2.00. The molecule has 0 saturated heterocycles. The lowest BCUT2D eigenvalue weighted by molar-refractivity contribution is 0.266. The molecule has 1 aromatic carbocycles. The number of benzene rings is 1. The van der Waals surface area contributed by atoms with Crippen molar-refractivity contribution >= 4 is 25.8 Å². The van der Waals surface area contributed by atoms with E-state index in [0.717, 1.165) is 6.26 Å². The summed E-state index contributed by atoms with van der Waals surface area (Å²) in [5, 5.41) is 12.7. The second-order valence-corrected chi connectivity index (χ2v) is 6.54. The number of aromatic nitrogens is 1. The van der Waals surface area contributed by atoms with Gasteiger partial charge in [-0.1, -0.05) is 5.16 Å². The van der Waals surface area contributed by atoms with Gasteiger partial charge in [0.05, 0.1) is 16.0 Å². The minimum Gasteiger partial charge on any atom is -0.390 e. The topological polar surface area (TPSA) is 80.4 Å². The van der Waals surface area contributed by atoms with Crippen molar-refractivity contribution < 1.29 is 18.0 Å². The first-order valence-electron chi connectivity index (χ1n) is 4.99. The van der Waals surface area contributed by atoms with Crippen molar-refractivity contribution in [3.63, 3.8) is 0 Å². The van der Waals surface area contributed by atoms with Gasteiger partial charge < -0.3 is 9.63 Å². The van der Waals surface area contributed by atoms with Crippen LogP contribution in [0.25, 0.3) is 11.3 Å². The molecular formula is C11H10BrNO4S. The number of rotatable bonds is 3. The first kappa shape index (κ1) is 13.3. The Hall–Kier alpha value is -1.18. The number of sulfone groups is 1. The summed E-state index contributed by atoms with van der Waals surface area (Å²) < 4.78 is 28.3. The van der Waals surface area contributed by atoms with E-state index in [1.165, 1.54) is 12.1 Å². The van der Waals surface area contributed by atoms with Crippen molar-refractivity contribution in [1.29, 1.82) is 0 Å². The lowest BCUT2D eigenvalue weighted by atomic mass is 10.2. The van der Waals surface area contributed by atoms with Gasteiger partial charge in [-0.25, -0.2) is 8.42 Å². The monoisotopic (exact) mass is 331 g/mol. The highest BCUT2D eigenvalue weighted by atomic mass is 79.9. The molecule has 1 N–H and O–H groups in total. The van der Waals surface area contributed by atoms with Crippen molar-refractivity contribution in [2.75, 3.05) is 6.26 Å². The van der Waals surface area contributed by atoms with Crippen LogP contribution in [0.4, 0.5) is 0 Å². The largest absolute Gasteiger partial charge is 0.390 e. The summed E-state index contributed by atoms with van der Waals surface area (Å²) in [5.74, 6) is 0.458. The number of hydrogen-bond acceptors (Lipinski definition) is 5. The Morgan fingerprint density at radius 3 is 2.39 bits per heavy atom. The van der Waals surface area contributed by atoms with E-state index in [1.54, 1.807) is 12.1 Å². The van der Waals surface area contributed by atoms with Crippen LogP contribution >= 0.6 is 15.9 Å². The highest BCUT2D eigenvalue weighted by molar-refractivity contribution is 9.10. The Morgan fingerprint density at radius 1 is 1.33 bits per heavy atom. The maximum atomic E-state index is 11.3. The van der Waals surface area contributed by atoms with Crippen LogP contribution in [-0.4, -0.2) is 24.9 Å². The molecule has 0 fully saturated rings. The molecule has 0 aliphatic rings. The zero-order chi connectivity index (χ0) is 13.3. The normalized spacial score (nSPS) is 11.7. The van der Waals surface area contributed by atoms with Crippen molar-refractivity contribution in [1.82, 2.24) is 5.16 Å². The summed E-state index contributed by atoms with van der Waals surface area (Å²) in [4.78, 5) is 0.240. The molecule has 2 rings (SSSR count). The molecular weight excluding hydrogens is 322 g/mol. The summed E-state index contributed by atoms with van der Waals surface area (Å²) >= 11 is 3.27. The lowest BCUT2D eigenvalue weighted by Crippen LogP contribution is -1.96. The minimum absolute atomic E-state index is 0.231. The SMILES string of the molecule is CS(=O)(=O)c1ccc(-c2onc(CO)c2Br)cc1. The van der Waals surface area contributed by atoms with E-state index in [-0.39, 0.29) is 11.5 Å². The fourth-order valence-electron chi connectivity index (χ4n) is 1.44. The van der Waals surface area contributed by atoms with Crippen molar-refractivity contribution in [2.24, 2.45) is 0 Å². The van der Waals surface area contributed by atoms with Crippen LogP contribution in [0.15, 0.2) is 38.2 Å². The maximum Gasteiger partial charge on any atom is 0.181 e. The second-order valence-electron chi connectivity index (χ2n) is 3.73. The molecule has 96 valence electrons. The van der Waals surface area contributed by atoms with Crippen LogP contribution in [0, 0.1) is 0 Å². The fourth-order valence-corrected chi connectivity index (χ4v) is 2.57. The van der Waals surface area contributed by atoms with Crippen LogP contribution in [-0.2, 0) is 16.4 Å². The predicted octanol–water partition coefficient (Wildman–Crippen LogP) is 2.00. The third kappa shape index (κ3) is 2.47. The number of nitrogens with zero attached hydrogens (tertiary/aromatic N) is 1. The standard InChI is InChI=1S/C11H10BrNO4S/c1-18(15,16)8-4-2-7(3-5-8)11-10(12)9(6-14)13-17-11/h2-5,14H,6H2,1H3. The molecule has 0 spiro atoms. The third-order valence-corrected chi connectivity index (χ3v) is 4.34. The molecule has 7 heteroatoms. The molecule has 0 atom stereocenters. The van der Waals surface area contributed by atoms with Crippen molar-refractivity contribution in [2.45, 2.75) is 11.5 Å². The predicted molar refractivity (Wildman–Crippen MR) is 68.7 cm³/mol. The van der Waals surface area contributed by atoms with Gasteiger partial charge >= 0.3 is 0 Å². The van der Waals surface area contributed by atoms with Crippen LogP contribution in [0.2, 0.25) is 0 Å². The first-order chi connectivity index (χ1) is 8.43. The minimum atomic E-state index is -3.21. The van der Waals surface area contributed by atoms with E-state index < -0.39 is 9.84 Å². The molecule has 0 bridgehead atoms. The van der Waals surface area contributed by atoms with Crippen LogP contribution in [0.1, 0.15) is 5.69 Å². The second kappa shape index (κ2) is 4.83. The average Bonchev–Trinajstić information content (AvgIpc) is 2.69. The van der Waals surface area contributed by atoms with Crippen molar-refractivity contribution in [3.05, 3.63) is 34.4 Å². The smallest absolute Gasteiger partial charge is 0.181 e. The molecule has 0 unspecified atom stereocenters. The van der Waals surface area contributed by atoms with Gasteiger partial charge in [0.2, 0.25) is 0 Å². The Morgan fingerprint density at radius 2 is 1.94 bits per heavy atom. The molecule has 0 aliphatic carbocycles. The summed E-state index contributed by atoms with van der Waals surface area (Å²) in [6, 6.07) is 6.25. The Labute approximate surface area is 112 Å². The Bertz CT molecular complexity index is 661. The summed E-state index contributed by atoms with van der Waals surface area (Å²) in [7, 11) is -3.21. The molecule has 1 aromatic heterocycles. The quantitative estimate of drug-likeness (QED) is 0.930. The first-order valence-corrected chi connectivity index (χ1v) is 7.67. The number of aliphatic hydroxyl groups is 1. The molecule has 5 nitrogen and oxygen atoms in total. The zero-order valence-electron chi connectivity index (χ0n) is 9.42. The van der Waals surface area contributed by atoms with Gasteiger partial charge in [0.25, 0.3) is 0 Å². The molecule has 2 aromatic rings. The van der Waals surface area contributed by atoms with E-state index in [9.17, 15) is 8.42 Å². The Balaban J connectivity index is 2.43. The zero-order valence-corrected chi connectivity index (χ0v) is 11.8. The molecule has 0 amide bonds. The van der Waals surface area contributed by atoms with Crippen LogP contribution < -0.4 is 0 Å². The van der Waals surface area contributed by atoms with Gasteiger partial charge in [-0.2, -0.15) is 0 Å². The van der Waals surface area contributed by atoms with E-state index in [2.05, 4.69) is 21.1 Å². The van der Waals surface area contributed by atoms with Gasteiger partial charge in [0.15, 0.2) is 15.6 Å². The molecule has 1 heterocycles. The fraction of sp³-hybridized carbons (Fsp3) is 0.182. The van der Waals surface area contributed by atoms with E-state index in [1.807, 2.05) is 0 Å². The number of halogens is 1. The molecule has 0 saturated carbocycles. The maximum absolute atomic E-state index is 11.3. The highest BCUT2D eigenvalue weighted by Gasteiger charge is 2.15. The Kier molecular flexibility index (Phi) is 3.56. The van der Waals surface area contributed by atoms with Gasteiger partial charge in [-0.3, -0.25) is 0 Å². The van der Waals surface area contributed by atoms with Gasteiger partial charge in [-0.15, -0.1) is 0 Å². The van der Waals surface area contributed by atoms with Crippen LogP contribution in [0.3, 0.4) is 0 Å². The van der Waals surface area contributed by atoms with Gasteiger partial charge in [0, 0.05) is 11.8 Å². The molecule has 0 aliphatic heterocycles. The molecule has 18 heavy (non-hydrogen) atoms. The van der Waals surface area contributed by atoms with E-state index in [0.29, 0.717) is 21.5 Å². The number of aliphatic hydroxyl groups excluding tert-OH is 1. The third-order valence-electron chi connectivity index (χ3n) is 2.39. The average molecular weight is 332 g/mol. The van der Waals surface area contributed by atoms with E-state index in [4.69, 9.17) is 9.63 Å². The van der Waals surface area contributed by atoms with Gasteiger partial charge in [-0.05, 0) is 40.2 Å².